The number of benzene rings is 1. The van der Waals surface area contributed by atoms with Crippen molar-refractivity contribution in [2.45, 2.75) is 38.6 Å². The molecule has 1 aliphatic carbocycles. The van der Waals surface area contributed by atoms with E-state index in [2.05, 4.69) is 5.32 Å². The number of phenolic OH excluding ortho intramolecular Hbond substituents is 1. The molecule has 116 valence electrons. The number of nitrogens with zero attached hydrogens (tertiary/aromatic N) is 1. The molecular formula is C17H20N2O3. The number of phenols is 1. The number of amides is 1. The lowest BCUT2D eigenvalue weighted by atomic mass is 10.1. The van der Waals surface area contributed by atoms with Crippen LogP contribution in [-0.4, -0.2) is 23.7 Å². The first-order chi connectivity index (χ1) is 10.7. The number of nitriles is 1. The molecule has 22 heavy (non-hydrogen) atoms. The van der Waals surface area contributed by atoms with Gasteiger partial charge < -0.3 is 15.2 Å². The van der Waals surface area contributed by atoms with E-state index in [1.165, 1.54) is 6.08 Å². The van der Waals surface area contributed by atoms with E-state index in [9.17, 15) is 15.2 Å². The van der Waals surface area contributed by atoms with Gasteiger partial charge in [0.15, 0.2) is 11.5 Å². The molecule has 1 saturated carbocycles. The molecule has 2 N–H and O–H groups in total. The van der Waals surface area contributed by atoms with Crippen molar-refractivity contribution < 1.29 is 14.6 Å². The van der Waals surface area contributed by atoms with Gasteiger partial charge in [0.05, 0.1) is 6.61 Å². The van der Waals surface area contributed by atoms with Crippen LogP contribution in [-0.2, 0) is 4.79 Å². The van der Waals surface area contributed by atoms with E-state index >= 15 is 0 Å². The largest absolute Gasteiger partial charge is 0.504 e. The van der Waals surface area contributed by atoms with E-state index < -0.39 is 5.91 Å². The van der Waals surface area contributed by atoms with Gasteiger partial charge in [-0.1, -0.05) is 25.0 Å². The Kier molecular flexibility index (Phi) is 5.42. The molecule has 1 aliphatic rings. The standard InChI is InChI=1S/C17H20N2O3/c1-2-22-15-9-5-6-12(16(15)20)10-13(11-18)17(21)19-14-7-3-4-8-14/h5-6,9-10,14,20H,2-4,7-8H2,1H3,(H,19,21)/b13-10-. The normalized spacial score (nSPS) is 15.4. The third-order valence-electron chi connectivity index (χ3n) is 3.69. The molecule has 0 atom stereocenters. The summed E-state index contributed by atoms with van der Waals surface area (Å²) in [6.45, 7) is 2.24. The fourth-order valence-electron chi connectivity index (χ4n) is 2.57. The smallest absolute Gasteiger partial charge is 0.262 e. The Hall–Kier alpha value is -2.48. The van der Waals surface area contributed by atoms with Crippen LogP contribution in [0.3, 0.4) is 0 Å². The first-order valence-corrected chi connectivity index (χ1v) is 7.53. The first-order valence-electron chi connectivity index (χ1n) is 7.53. The van der Waals surface area contributed by atoms with E-state index in [0.717, 1.165) is 25.7 Å². The van der Waals surface area contributed by atoms with E-state index in [1.807, 2.05) is 13.0 Å². The molecule has 1 aromatic rings. The number of carbonyl (C=O) groups is 1. The van der Waals surface area contributed by atoms with E-state index in [-0.39, 0.29) is 17.4 Å². The summed E-state index contributed by atoms with van der Waals surface area (Å²) in [5.41, 5.74) is 0.375. The summed E-state index contributed by atoms with van der Waals surface area (Å²) in [5.74, 6) is -0.119. The minimum absolute atomic E-state index is 0.0177. The fourth-order valence-corrected chi connectivity index (χ4v) is 2.57. The first kappa shape index (κ1) is 15.9. The number of nitrogens with one attached hydrogen (secondary N) is 1. The van der Waals surface area contributed by atoms with E-state index in [0.29, 0.717) is 17.9 Å². The zero-order chi connectivity index (χ0) is 15.9. The Balaban J connectivity index is 2.19. The molecule has 1 fully saturated rings. The average molecular weight is 300 g/mol. The number of carbonyl (C=O) groups excluding carboxylic acids is 1. The maximum absolute atomic E-state index is 12.1. The molecular weight excluding hydrogens is 280 g/mol. The van der Waals surface area contributed by atoms with Crippen molar-refractivity contribution in [1.29, 1.82) is 5.26 Å². The van der Waals surface area contributed by atoms with Gasteiger partial charge in [-0.15, -0.1) is 0 Å². The number of hydrogen-bond acceptors (Lipinski definition) is 4. The quantitative estimate of drug-likeness (QED) is 0.647. The molecule has 5 heteroatoms. The molecule has 5 nitrogen and oxygen atoms in total. The fraction of sp³-hybridized carbons (Fsp3) is 0.412. The molecule has 2 rings (SSSR count). The molecule has 1 amide bonds. The van der Waals surface area contributed by atoms with Crippen LogP contribution in [0.4, 0.5) is 0 Å². The number of para-hydroxylation sites is 1. The van der Waals surface area contributed by atoms with Gasteiger partial charge in [0.2, 0.25) is 0 Å². The van der Waals surface area contributed by atoms with Gasteiger partial charge in [-0.25, -0.2) is 0 Å². The maximum atomic E-state index is 12.1. The molecule has 0 saturated heterocycles. The van der Waals surface area contributed by atoms with Gasteiger partial charge in [0.25, 0.3) is 5.91 Å². The Morgan fingerprint density at radius 2 is 2.23 bits per heavy atom. The van der Waals surface area contributed by atoms with Gasteiger partial charge in [-0.3, -0.25) is 4.79 Å². The topological polar surface area (TPSA) is 82.3 Å². The third-order valence-corrected chi connectivity index (χ3v) is 3.69. The monoisotopic (exact) mass is 300 g/mol. The van der Waals surface area contributed by atoms with Gasteiger partial charge in [0.1, 0.15) is 11.6 Å². The molecule has 0 aliphatic heterocycles. The van der Waals surface area contributed by atoms with E-state index in [4.69, 9.17) is 4.74 Å². The number of ether oxygens (including phenoxy) is 1. The summed E-state index contributed by atoms with van der Waals surface area (Å²) < 4.78 is 5.30. The Labute approximate surface area is 130 Å². The van der Waals surface area contributed by atoms with Crippen molar-refractivity contribution in [3.8, 4) is 17.6 Å². The van der Waals surface area contributed by atoms with Crippen LogP contribution in [0.5, 0.6) is 11.5 Å². The molecule has 0 spiro atoms. The highest BCUT2D eigenvalue weighted by molar-refractivity contribution is 6.02. The Bertz CT molecular complexity index is 611. The van der Waals surface area contributed by atoms with Gasteiger partial charge in [-0.05, 0) is 31.9 Å². The van der Waals surface area contributed by atoms with Crippen LogP contribution in [0.2, 0.25) is 0 Å². The number of hydrogen-bond donors (Lipinski definition) is 2. The van der Waals surface area contributed by atoms with Crippen LogP contribution in [0.25, 0.3) is 6.08 Å². The lowest BCUT2D eigenvalue weighted by Gasteiger charge is -2.11. The predicted octanol–water partition coefficient (Wildman–Crippen LogP) is 2.76. The SMILES string of the molecule is CCOc1cccc(/C=C(/C#N)C(=O)NC2CCCC2)c1O. The highest BCUT2D eigenvalue weighted by Crippen LogP contribution is 2.31. The molecule has 1 aromatic carbocycles. The molecule has 0 heterocycles. The van der Waals surface area contributed by atoms with Crippen LogP contribution in [0, 0.1) is 11.3 Å². The van der Waals surface area contributed by atoms with Crippen molar-refractivity contribution in [2.24, 2.45) is 0 Å². The van der Waals surface area contributed by atoms with Crippen LogP contribution in [0.1, 0.15) is 38.2 Å². The summed E-state index contributed by atoms with van der Waals surface area (Å²) >= 11 is 0. The minimum atomic E-state index is -0.393. The zero-order valence-electron chi connectivity index (χ0n) is 12.6. The Morgan fingerprint density at radius 3 is 2.86 bits per heavy atom. The molecule has 0 unspecified atom stereocenters. The number of rotatable bonds is 5. The van der Waals surface area contributed by atoms with Crippen molar-refractivity contribution in [3.63, 3.8) is 0 Å². The molecule has 0 bridgehead atoms. The van der Waals surface area contributed by atoms with Gasteiger partial charge in [0, 0.05) is 11.6 Å². The van der Waals surface area contributed by atoms with Crippen LogP contribution >= 0.6 is 0 Å². The van der Waals surface area contributed by atoms with Crippen LogP contribution < -0.4 is 10.1 Å². The predicted molar refractivity (Wildman–Crippen MR) is 83.3 cm³/mol. The summed E-state index contributed by atoms with van der Waals surface area (Å²) in [6.07, 6.45) is 5.51. The summed E-state index contributed by atoms with van der Waals surface area (Å²) in [4.78, 5) is 12.1. The minimum Gasteiger partial charge on any atom is -0.504 e. The van der Waals surface area contributed by atoms with Crippen LogP contribution in [0.15, 0.2) is 23.8 Å². The van der Waals surface area contributed by atoms with Crippen molar-refractivity contribution in [2.75, 3.05) is 6.61 Å². The summed E-state index contributed by atoms with van der Waals surface area (Å²) in [6, 6.07) is 7.03. The summed E-state index contributed by atoms with van der Waals surface area (Å²) in [7, 11) is 0. The highest BCUT2D eigenvalue weighted by atomic mass is 16.5. The second-order valence-corrected chi connectivity index (χ2v) is 5.25. The lowest BCUT2D eigenvalue weighted by molar-refractivity contribution is -0.117. The van der Waals surface area contributed by atoms with Gasteiger partial charge >= 0.3 is 0 Å². The Morgan fingerprint density at radius 1 is 1.50 bits per heavy atom. The third kappa shape index (κ3) is 3.79. The molecule has 0 radical (unpaired) electrons. The lowest BCUT2D eigenvalue weighted by Crippen LogP contribution is -2.33. The maximum Gasteiger partial charge on any atom is 0.262 e. The summed E-state index contributed by atoms with van der Waals surface area (Å²) in [5, 5.41) is 22.2. The number of aromatic hydroxyl groups is 1. The second-order valence-electron chi connectivity index (χ2n) is 5.25. The van der Waals surface area contributed by atoms with Crippen molar-refractivity contribution in [1.82, 2.24) is 5.32 Å². The molecule has 0 aromatic heterocycles. The van der Waals surface area contributed by atoms with Crippen molar-refractivity contribution in [3.05, 3.63) is 29.3 Å². The van der Waals surface area contributed by atoms with E-state index in [1.54, 1.807) is 18.2 Å². The highest BCUT2D eigenvalue weighted by Gasteiger charge is 2.19. The zero-order valence-corrected chi connectivity index (χ0v) is 12.6. The van der Waals surface area contributed by atoms with Gasteiger partial charge in [-0.2, -0.15) is 5.26 Å². The second kappa shape index (κ2) is 7.51. The average Bonchev–Trinajstić information content (AvgIpc) is 3.01. The van der Waals surface area contributed by atoms with Crippen molar-refractivity contribution >= 4 is 12.0 Å².